The van der Waals surface area contributed by atoms with Crippen LogP contribution in [0.5, 0.6) is 0 Å². The highest BCUT2D eigenvalue weighted by Crippen LogP contribution is 2.58. The number of fused-ring (bicyclic) bond motifs is 15. The highest BCUT2D eigenvalue weighted by Gasteiger charge is 2.55. The van der Waals surface area contributed by atoms with Gasteiger partial charge in [-0.2, -0.15) is 0 Å². The van der Waals surface area contributed by atoms with Crippen LogP contribution in [0.2, 0.25) is 0 Å². The molecule has 0 saturated heterocycles. The van der Waals surface area contributed by atoms with Gasteiger partial charge in [0.1, 0.15) is 0 Å². The summed E-state index contributed by atoms with van der Waals surface area (Å²) in [6.45, 7) is 0.118. The summed E-state index contributed by atoms with van der Waals surface area (Å²) in [4.78, 5) is 0. The molecule has 0 N–H and O–H groups in total. The average molecular weight is 720 g/mol. The number of nitrogens with zero attached hydrogens (tertiary/aromatic N) is 1. The summed E-state index contributed by atoms with van der Waals surface area (Å²) in [6, 6.07) is 77.5. The standard InChI is InChI=1S/C55H34BN/c1-3-15-35(16-4-1)37-27-30-47-50(33-37)56-49-24-12-8-22-43(49)53-39(36-17-5-2-6-18-36)29-32-48(54(53)56)55(47)45-23-11-7-19-40(45)44-34-38(28-31-46(44)55)57-51-25-13-9-20-41(51)42-21-10-14-26-52(42)57/h1-34H. The lowest BCUT2D eigenvalue weighted by Gasteiger charge is -2.42. The van der Waals surface area contributed by atoms with Crippen molar-refractivity contribution in [2.45, 2.75) is 5.41 Å². The minimum atomic E-state index is -0.506. The van der Waals surface area contributed by atoms with Gasteiger partial charge in [-0.05, 0) is 91.0 Å². The van der Waals surface area contributed by atoms with E-state index in [1.807, 2.05) is 0 Å². The van der Waals surface area contributed by atoms with E-state index in [-0.39, 0.29) is 6.71 Å². The molecule has 0 amide bonds. The molecule has 3 aliphatic rings. The molecule has 1 aliphatic carbocycles. The summed E-state index contributed by atoms with van der Waals surface area (Å²) >= 11 is 0. The molecule has 1 atom stereocenters. The fraction of sp³-hybridized carbons (Fsp3) is 0.0182. The Morgan fingerprint density at radius 2 is 0.947 bits per heavy atom. The van der Waals surface area contributed by atoms with Crippen LogP contribution in [0.15, 0.2) is 206 Å². The van der Waals surface area contributed by atoms with Crippen LogP contribution in [0, 0.1) is 0 Å². The first-order chi connectivity index (χ1) is 28.3. The monoisotopic (exact) mass is 719 g/mol. The average Bonchev–Trinajstić information content (AvgIpc) is 3.91. The molecule has 57 heavy (non-hydrogen) atoms. The van der Waals surface area contributed by atoms with Gasteiger partial charge in [-0.25, -0.2) is 0 Å². The molecule has 0 bridgehead atoms. The van der Waals surface area contributed by atoms with Crippen molar-refractivity contribution in [3.05, 3.63) is 229 Å². The molecule has 0 saturated carbocycles. The Hall–Kier alpha value is -7.16. The molecular formula is C55H34BN. The normalized spacial score (nSPS) is 15.4. The van der Waals surface area contributed by atoms with Gasteiger partial charge in [-0.15, -0.1) is 0 Å². The van der Waals surface area contributed by atoms with Gasteiger partial charge in [0.05, 0.1) is 16.4 Å². The van der Waals surface area contributed by atoms with Crippen molar-refractivity contribution in [1.82, 2.24) is 4.57 Å². The molecular weight excluding hydrogens is 685 g/mol. The molecule has 262 valence electrons. The number of aromatic nitrogens is 1. The van der Waals surface area contributed by atoms with E-state index in [2.05, 4.69) is 211 Å². The summed E-state index contributed by atoms with van der Waals surface area (Å²) in [5.41, 5.74) is 23.3. The van der Waals surface area contributed by atoms with E-state index in [0.717, 1.165) is 0 Å². The Morgan fingerprint density at radius 3 is 1.72 bits per heavy atom. The summed E-state index contributed by atoms with van der Waals surface area (Å²) in [5, 5.41) is 2.56. The van der Waals surface area contributed by atoms with Crippen molar-refractivity contribution in [3.8, 4) is 50.2 Å². The SMILES string of the molecule is c1ccc(-c2ccc3c(c2)B2c4ccccc4-c4c(-c5ccccc5)ccc(c42)C32c3ccccc3-c3cc(-n4c5ccccc5c5ccccc54)ccc32)cc1. The van der Waals surface area contributed by atoms with Crippen molar-refractivity contribution >= 4 is 44.9 Å². The molecule has 1 aromatic heterocycles. The number of benzene rings is 9. The smallest absolute Gasteiger partial charge is 0.243 e. The van der Waals surface area contributed by atoms with Gasteiger partial charge in [0, 0.05) is 16.5 Å². The van der Waals surface area contributed by atoms with Gasteiger partial charge >= 0.3 is 0 Å². The van der Waals surface area contributed by atoms with Crippen molar-refractivity contribution in [2.75, 3.05) is 0 Å². The molecule has 9 aromatic carbocycles. The van der Waals surface area contributed by atoms with E-state index in [0.29, 0.717) is 0 Å². The zero-order valence-electron chi connectivity index (χ0n) is 31.2. The van der Waals surface area contributed by atoms with Gasteiger partial charge < -0.3 is 4.57 Å². The highest BCUT2D eigenvalue weighted by molar-refractivity contribution is 7.00. The maximum absolute atomic E-state index is 2.52. The quantitative estimate of drug-likeness (QED) is 0.160. The predicted octanol–water partition coefficient (Wildman–Crippen LogP) is 11.3. The van der Waals surface area contributed by atoms with Crippen molar-refractivity contribution in [2.24, 2.45) is 0 Å². The lowest BCUT2D eigenvalue weighted by Crippen LogP contribution is -2.59. The molecule has 2 aliphatic heterocycles. The van der Waals surface area contributed by atoms with Gasteiger partial charge in [-0.1, -0.05) is 198 Å². The number of rotatable bonds is 3. The van der Waals surface area contributed by atoms with Gasteiger partial charge in [0.2, 0.25) is 6.71 Å². The molecule has 2 heteroatoms. The van der Waals surface area contributed by atoms with Gasteiger partial charge in [0.15, 0.2) is 0 Å². The van der Waals surface area contributed by atoms with Crippen molar-refractivity contribution in [3.63, 3.8) is 0 Å². The van der Waals surface area contributed by atoms with E-state index in [4.69, 9.17) is 0 Å². The number of hydrogen-bond acceptors (Lipinski definition) is 0. The van der Waals surface area contributed by atoms with Crippen LogP contribution in [0.25, 0.3) is 72.0 Å². The van der Waals surface area contributed by atoms with Gasteiger partial charge in [0.25, 0.3) is 0 Å². The molecule has 10 aromatic rings. The third kappa shape index (κ3) is 3.99. The minimum Gasteiger partial charge on any atom is -0.309 e. The van der Waals surface area contributed by atoms with Crippen LogP contribution in [-0.2, 0) is 5.41 Å². The third-order valence-corrected chi connectivity index (χ3v) is 13.3. The fourth-order valence-corrected chi connectivity index (χ4v) is 11.1. The molecule has 1 spiro atoms. The topological polar surface area (TPSA) is 4.93 Å². The number of para-hydroxylation sites is 2. The van der Waals surface area contributed by atoms with E-state index in [1.54, 1.807) is 0 Å². The van der Waals surface area contributed by atoms with Crippen LogP contribution >= 0.6 is 0 Å². The maximum Gasteiger partial charge on any atom is 0.243 e. The van der Waals surface area contributed by atoms with Crippen LogP contribution < -0.4 is 16.4 Å². The first-order valence-electron chi connectivity index (χ1n) is 20.1. The first-order valence-corrected chi connectivity index (χ1v) is 20.1. The Morgan fingerprint density at radius 1 is 0.351 bits per heavy atom. The Kier molecular flexibility index (Phi) is 6.24. The highest BCUT2D eigenvalue weighted by atomic mass is 15.0. The van der Waals surface area contributed by atoms with Crippen molar-refractivity contribution < 1.29 is 0 Å². The largest absolute Gasteiger partial charge is 0.309 e. The molecule has 1 nitrogen and oxygen atoms in total. The molecule has 13 rings (SSSR count). The second kappa shape index (κ2) is 11.4. The molecule has 0 fully saturated rings. The second-order valence-corrected chi connectivity index (χ2v) is 15.9. The van der Waals surface area contributed by atoms with E-state index in [1.165, 1.54) is 111 Å². The predicted molar refractivity (Wildman–Crippen MR) is 239 cm³/mol. The first kappa shape index (κ1) is 31.1. The fourth-order valence-electron chi connectivity index (χ4n) is 11.1. The Labute approximate surface area is 332 Å². The second-order valence-electron chi connectivity index (χ2n) is 15.9. The minimum absolute atomic E-state index is 0.118. The maximum atomic E-state index is 2.52. The van der Waals surface area contributed by atoms with Gasteiger partial charge in [-0.3, -0.25) is 0 Å². The summed E-state index contributed by atoms with van der Waals surface area (Å²) in [6.07, 6.45) is 0. The van der Waals surface area contributed by atoms with Crippen LogP contribution in [0.1, 0.15) is 22.3 Å². The van der Waals surface area contributed by atoms with Crippen molar-refractivity contribution in [1.29, 1.82) is 0 Å². The molecule has 3 heterocycles. The number of hydrogen-bond donors (Lipinski definition) is 0. The summed E-state index contributed by atoms with van der Waals surface area (Å²) in [7, 11) is 0. The Balaban J connectivity index is 1.16. The zero-order chi connectivity index (χ0) is 37.2. The van der Waals surface area contributed by atoms with Crippen LogP contribution in [0.4, 0.5) is 0 Å². The molecule has 1 unspecified atom stereocenters. The Bertz CT molecular complexity index is 3250. The lowest BCUT2D eigenvalue weighted by molar-refractivity contribution is 0.775. The van der Waals surface area contributed by atoms with Crippen LogP contribution in [0.3, 0.4) is 0 Å². The summed E-state index contributed by atoms with van der Waals surface area (Å²) in [5.74, 6) is 0. The summed E-state index contributed by atoms with van der Waals surface area (Å²) < 4.78 is 2.46. The third-order valence-electron chi connectivity index (χ3n) is 13.3. The van der Waals surface area contributed by atoms with E-state index in [9.17, 15) is 0 Å². The zero-order valence-corrected chi connectivity index (χ0v) is 31.2. The van der Waals surface area contributed by atoms with E-state index >= 15 is 0 Å². The lowest BCUT2D eigenvalue weighted by atomic mass is 9.32. The van der Waals surface area contributed by atoms with E-state index < -0.39 is 5.41 Å². The molecule has 0 radical (unpaired) electrons. The van der Waals surface area contributed by atoms with Crippen LogP contribution in [-0.4, -0.2) is 11.3 Å².